The Morgan fingerprint density at radius 3 is 2.73 bits per heavy atom. The number of aromatic nitrogens is 1. The molecule has 0 saturated carbocycles. The van der Waals surface area contributed by atoms with Gasteiger partial charge in [0.05, 0.1) is 15.4 Å². The van der Waals surface area contributed by atoms with Crippen LogP contribution in [0, 0.1) is 12.3 Å². The van der Waals surface area contributed by atoms with E-state index >= 15 is 0 Å². The van der Waals surface area contributed by atoms with Crippen molar-refractivity contribution in [3.63, 3.8) is 0 Å². The Balaban J connectivity index is 3.04. The fraction of sp³-hybridized carbons (Fsp3) is 0.375. The first-order chi connectivity index (χ1) is 5.06. The lowest BCUT2D eigenvalue weighted by molar-refractivity contribution is 0.691. The van der Waals surface area contributed by atoms with Crippen molar-refractivity contribution in [1.29, 1.82) is 0 Å². The Bertz CT molecular complexity index is 295. The van der Waals surface area contributed by atoms with Crippen LogP contribution in [0.5, 0.6) is 0 Å². The first-order valence-electron chi connectivity index (χ1n) is 3.16. The summed E-state index contributed by atoms with van der Waals surface area (Å²) in [5.41, 5.74) is -0.239. The number of rotatable bonds is 1. The highest BCUT2D eigenvalue weighted by Gasteiger charge is 2.20. The fourth-order valence-electron chi connectivity index (χ4n) is 0.605. The predicted molar refractivity (Wildman–Crippen MR) is 51.7 cm³/mol. The average Bonchev–Trinajstić information content (AvgIpc) is 2.36. The Hall–Kier alpha value is -0.330. The molecule has 0 aliphatic carbocycles. The molecule has 11 heavy (non-hydrogen) atoms. The molecule has 1 nitrogen and oxygen atoms in total. The molecule has 1 aromatic heterocycles. The van der Waals surface area contributed by atoms with E-state index in [1.165, 1.54) is 0 Å². The van der Waals surface area contributed by atoms with Crippen molar-refractivity contribution < 1.29 is 0 Å². The maximum Gasteiger partial charge on any atom is 0.111 e. The number of hydrogen-bond acceptors (Lipinski definition) is 2. The molecule has 0 N–H and O–H groups in total. The molecule has 3 heteroatoms. The predicted octanol–water partition coefficient (Wildman–Crippen LogP) is 2.82. The van der Waals surface area contributed by atoms with Crippen molar-refractivity contribution in [2.24, 2.45) is 0 Å². The second-order valence-electron chi connectivity index (χ2n) is 2.74. The van der Waals surface area contributed by atoms with E-state index in [0.29, 0.717) is 0 Å². The summed E-state index contributed by atoms with van der Waals surface area (Å²) in [4.78, 5) is 4.19. The van der Waals surface area contributed by atoms with Crippen molar-refractivity contribution in [2.45, 2.75) is 19.3 Å². The monoisotopic (exact) mass is 229 g/mol. The lowest BCUT2D eigenvalue weighted by Gasteiger charge is -2.12. The topological polar surface area (TPSA) is 12.9 Å². The van der Waals surface area contributed by atoms with Crippen molar-refractivity contribution in [3.8, 4) is 12.3 Å². The molecule has 0 fully saturated rings. The minimum atomic E-state index is -0.239. The Labute approximate surface area is 79.0 Å². The minimum Gasteiger partial charge on any atom is -0.247 e. The van der Waals surface area contributed by atoms with Crippen LogP contribution in [0.25, 0.3) is 0 Å². The van der Waals surface area contributed by atoms with Crippen molar-refractivity contribution >= 4 is 27.3 Å². The fourth-order valence-corrected chi connectivity index (χ4v) is 1.88. The lowest BCUT2D eigenvalue weighted by Crippen LogP contribution is -2.12. The molecule has 0 unspecified atom stereocenters. The van der Waals surface area contributed by atoms with Crippen LogP contribution in [0.2, 0.25) is 0 Å². The van der Waals surface area contributed by atoms with Gasteiger partial charge in [0.1, 0.15) is 5.01 Å². The maximum atomic E-state index is 5.35. The van der Waals surface area contributed by atoms with Crippen molar-refractivity contribution in [1.82, 2.24) is 4.98 Å². The average molecular weight is 230 g/mol. The molecule has 0 atom stereocenters. The highest BCUT2D eigenvalue weighted by atomic mass is 79.9. The summed E-state index contributed by atoms with van der Waals surface area (Å²) in [7, 11) is 0. The zero-order valence-corrected chi connectivity index (χ0v) is 8.79. The standard InChI is InChI=1S/C8H8BrNS/c1-4-8(2,3)7-10-5-6(9)11-7/h1,5H,2-3H3. The van der Waals surface area contributed by atoms with Crippen LogP contribution in [0.3, 0.4) is 0 Å². The van der Waals surface area contributed by atoms with Gasteiger partial charge in [0.2, 0.25) is 0 Å². The first-order valence-corrected chi connectivity index (χ1v) is 4.77. The van der Waals surface area contributed by atoms with E-state index in [4.69, 9.17) is 6.42 Å². The van der Waals surface area contributed by atoms with Gasteiger partial charge in [-0.15, -0.1) is 17.8 Å². The van der Waals surface area contributed by atoms with E-state index in [2.05, 4.69) is 26.8 Å². The molecule has 0 radical (unpaired) electrons. The van der Waals surface area contributed by atoms with Gasteiger partial charge in [-0.3, -0.25) is 0 Å². The quantitative estimate of drug-likeness (QED) is 0.676. The summed E-state index contributed by atoms with van der Waals surface area (Å²) >= 11 is 4.92. The summed E-state index contributed by atoms with van der Waals surface area (Å²) in [6.07, 6.45) is 7.13. The van der Waals surface area contributed by atoms with Crippen LogP contribution in [0.4, 0.5) is 0 Å². The summed E-state index contributed by atoms with van der Waals surface area (Å²) in [6, 6.07) is 0. The SMILES string of the molecule is C#CC(C)(C)c1ncc(Br)s1. The molecule has 0 aromatic carbocycles. The molecule has 1 aromatic rings. The third-order valence-corrected chi connectivity index (χ3v) is 3.17. The smallest absolute Gasteiger partial charge is 0.111 e. The van der Waals surface area contributed by atoms with Gasteiger partial charge in [0.25, 0.3) is 0 Å². The molecule has 0 aliphatic heterocycles. The van der Waals surface area contributed by atoms with E-state index in [1.807, 2.05) is 13.8 Å². The molecular formula is C8H8BrNS. The Morgan fingerprint density at radius 1 is 1.73 bits per heavy atom. The van der Waals surface area contributed by atoms with E-state index in [9.17, 15) is 0 Å². The van der Waals surface area contributed by atoms with Gasteiger partial charge in [-0.1, -0.05) is 5.92 Å². The van der Waals surface area contributed by atoms with Crippen LogP contribution in [-0.4, -0.2) is 4.98 Å². The highest BCUT2D eigenvalue weighted by molar-refractivity contribution is 9.11. The zero-order valence-electron chi connectivity index (χ0n) is 6.39. The minimum absolute atomic E-state index is 0.239. The third-order valence-electron chi connectivity index (χ3n) is 1.37. The summed E-state index contributed by atoms with van der Waals surface area (Å²) in [5, 5.41) is 0.979. The van der Waals surface area contributed by atoms with Gasteiger partial charge in [0, 0.05) is 0 Å². The van der Waals surface area contributed by atoms with E-state index < -0.39 is 0 Å². The van der Waals surface area contributed by atoms with Crippen molar-refractivity contribution in [2.75, 3.05) is 0 Å². The van der Waals surface area contributed by atoms with Crippen molar-refractivity contribution in [3.05, 3.63) is 15.0 Å². The first kappa shape index (κ1) is 8.76. The molecular weight excluding hydrogens is 222 g/mol. The van der Waals surface area contributed by atoms with Gasteiger partial charge >= 0.3 is 0 Å². The number of nitrogens with zero attached hydrogens (tertiary/aromatic N) is 1. The zero-order chi connectivity index (χ0) is 8.48. The Morgan fingerprint density at radius 2 is 2.36 bits per heavy atom. The second kappa shape index (κ2) is 2.96. The third kappa shape index (κ3) is 1.82. The molecule has 0 amide bonds. The summed E-state index contributed by atoms with van der Waals surface area (Å²) in [6.45, 7) is 3.97. The van der Waals surface area contributed by atoms with E-state index in [0.717, 1.165) is 8.79 Å². The lowest BCUT2D eigenvalue weighted by atomic mass is 9.96. The molecule has 0 aliphatic rings. The second-order valence-corrected chi connectivity index (χ2v) is 5.15. The van der Waals surface area contributed by atoms with Crippen LogP contribution in [0.1, 0.15) is 18.9 Å². The molecule has 0 bridgehead atoms. The molecule has 0 spiro atoms. The van der Waals surface area contributed by atoms with Gasteiger partial charge in [-0.2, -0.15) is 0 Å². The van der Waals surface area contributed by atoms with E-state index in [-0.39, 0.29) is 5.41 Å². The van der Waals surface area contributed by atoms with Gasteiger partial charge in [-0.25, -0.2) is 4.98 Å². The largest absolute Gasteiger partial charge is 0.247 e. The van der Waals surface area contributed by atoms with Crippen LogP contribution in [-0.2, 0) is 5.41 Å². The summed E-state index contributed by atoms with van der Waals surface area (Å²) in [5.74, 6) is 2.70. The van der Waals surface area contributed by atoms with Gasteiger partial charge in [-0.05, 0) is 29.8 Å². The number of terminal acetylenes is 1. The van der Waals surface area contributed by atoms with Gasteiger partial charge in [0.15, 0.2) is 0 Å². The number of halogens is 1. The highest BCUT2D eigenvalue weighted by Crippen LogP contribution is 2.29. The number of thiazole rings is 1. The van der Waals surface area contributed by atoms with E-state index in [1.54, 1.807) is 17.5 Å². The molecule has 1 heterocycles. The molecule has 0 saturated heterocycles. The normalized spacial score (nSPS) is 11.1. The number of hydrogen-bond donors (Lipinski definition) is 0. The van der Waals surface area contributed by atoms with Crippen LogP contribution >= 0.6 is 27.3 Å². The van der Waals surface area contributed by atoms with Crippen LogP contribution < -0.4 is 0 Å². The molecule has 58 valence electrons. The summed E-state index contributed by atoms with van der Waals surface area (Å²) < 4.78 is 1.02. The van der Waals surface area contributed by atoms with Crippen LogP contribution in [0.15, 0.2) is 9.98 Å². The molecule has 1 rings (SSSR count). The van der Waals surface area contributed by atoms with Gasteiger partial charge < -0.3 is 0 Å². The maximum absolute atomic E-state index is 5.35. The Kier molecular flexibility index (Phi) is 2.36.